The van der Waals surface area contributed by atoms with Crippen LogP contribution in [0.2, 0.25) is 0 Å². The topological polar surface area (TPSA) is 47.4 Å². The Morgan fingerprint density at radius 2 is 2.05 bits per heavy atom. The van der Waals surface area contributed by atoms with Gasteiger partial charge in [0.25, 0.3) is 0 Å². The van der Waals surface area contributed by atoms with Crippen molar-refractivity contribution in [3.63, 3.8) is 0 Å². The molecule has 1 aromatic heterocycles. The van der Waals surface area contributed by atoms with Gasteiger partial charge in [-0.25, -0.2) is 0 Å². The molecule has 0 radical (unpaired) electrons. The molecular weight excluding hydrogens is 278 g/mol. The number of carbonyl (C=O) groups is 1. The molecule has 1 unspecified atom stereocenters. The third-order valence-corrected chi connectivity index (χ3v) is 4.99. The van der Waals surface area contributed by atoms with Crippen molar-refractivity contribution >= 4 is 5.91 Å². The Kier molecular flexibility index (Phi) is 5.13. The van der Waals surface area contributed by atoms with Gasteiger partial charge in [0, 0.05) is 25.4 Å². The van der Waals surface area contributed by atoms with Crippen LogP contribution in [-0.4, -0.2) is 40.3 Å². The lowest BCUT2D eigenvalue weighted by atomic mass is 9.97. The summed E-state index contributed by atoms with van der Waals surface area (Å²) in [5.74, 6) is 0.801. The third kappa shape index (κ3) is 3.69. The maximum Gasteiger partial charge on any atom is 0.249 e. The Morgan fingerprint density at radius 1 is 1.27 bits per heavy atom. The van der Waals surface area contributed by atoms with Crippen molar-refractivity contribution in [1.29, 1.82) is 0 Å². The van der Waals surface area contributed by atoms with E-state index in [-0.39, 0.29) is 18.6 Å². The van der Waals surface area contributed by atoms with Crippen LogP contribution in [0.4, 0.5) is 0 Å². The summed E-state index contributed by atoms with van der Waals surface area (Å²) < 4.78 is 7.52. The molecule has 3 rings (SSSR count). The van der Waals surface area contributed by atoms with Gasteiger partial charge in [-0.05, 0) is 38.0 Å². The van der Waals surface area contributed by atoms with E-state index < -0.39 is 0 Å². The lowest BCUT2D eigenvalue weighted by Gasteiger charge is -2.35. The average molecular weight is 305 g/mol. The zero-order valence-electron chi connectivity index (χ0n) is 13.5. The van der Waals surface area contributed by atoms with Crippen molar-refractivity contribution in [2.75, 3.05) is 19.8 Å². The van der Waals surface area contributed by atoms with E-state index in [0.717, 1.165) is 31.6 Å². The molecule has 1 aliphatic heterocycles. The number of rotatable bonds is 5. The number of aryl methyl sites for hydroxylation is 1. The van der Waals surface area contributed by atoms with Crippen LogP contribution in [0.3, 0.4) is 0 Å². The van der Waals surface area contributed by atoms with Crippen molar-refractivity contribution in [1.82, 2.24) is 14.7 Å². The van der Waals surface area contributed by atoms with Crippen LogP contribution in [0, 0.1) is 5.92 Å². The monoisotopic (exact) mass is 305 g/mol. The first-order valence-corrected chi connectivity index (χ1v) is 8.60. The Hall–Kier alpha value is -1.36. The first-order valence-electron chi connectivity index (χ1n) is 8.60. The van der Waals surface area contributed by atoms with E-state index in [2.05, 4.69) is 5.10 Å². The second-order valence-electron chi connectivity index (χ2n) is 6.71. The summed E-state index contributed by atoms with van der Waals surface area (Å²) in [5, 5.41) is 4.25. The molecule has 1 aliphatic carbocycles. The standard InChI is InChI=1S/C17H27N3O2/c1-19-11-15(10-18-19)16-8-4-5-9-20(16)17(21)13-22-12-14-6-2-3-7-14/h10-11,14,16H,2-9,12-13H2,1H3. The zero-order chi connectivity index (χ0) is 15.4. The highest BCUT2D eigenvalue weighted by Crippen LogP contribution is 2.30. The van der Waals surface area contributed by atoms with Crippen molar-refractivity contribution < 1.29 is 9.53 Å². The Bertz CT molecular complexity index is 494. The number of likely N-dealkylation sites (tertiary alicyclic amines) is 1. The summed E-state index contributed by atoms with van der Waals surface area (Å²) in [6.07, 6.45) is 12.4. The molecule has 2 fully saturated rings. The molecule has 1 amide bonds. The highest BCUT2D eigenvalue weighted by atomic mass is 16.5. The van der Waals surface area contributed by atoms with Crippen molar-refractivity contribution in [2.24, 2.45) is 13.0 Å². The molecule has 2 aliphatic rings. The van der Waals surface area contributed by atoms with E-state index in [9.17, 15) is 4.79 Å². The average Bonchev–Trinajstić information content (AvgIpc) is 3.19. The number of hydrogen-bond acceptors (Lipinski definition) is 3. The summed E-state index contributed by atoms with van der Waals surface area (Å²) in [4.78, 5) is 14.5. The van der Waals surface area contributed by atoms with Crippen molar-refractivity contribution in [3.8, 4) is 0 Å². The van der Waals surface area contributed by atoms with Gasteiger partial charge in [0.2, 0.25) is 5.91 Å². The predicted molar refractivity (Wildman–Crippen MR) is 84.3 cm³/mol. The van der Waals surface area contributed by atoms with E-state index in [1.807, 2.05) is 29.0 Å². The van der Waals surface area contributed by atoms with Crippen molar-refractivity contribution in [2.45, 2.75) is 51.0 Å². The molecule has 122 valence electrons. The van der Waals surface area contributed by atoms with Gasteiger partial charge in [0.05, 0.1) is 18.8 Å². The van der Waals surface area contributed by atoms with Gasteiger partial charge in [0.15, 0.2) is 0 Å². The van der Waals surface area contributed by atoms with Gasteiger partial charge < -0.3 is 9.64 Å². The van der Waals surface area contributed by atoms with E-state index >= 15 is 0 Å². The van der Waals surface area contributed by atoms with Crippen LogP contribution in [-0.2, 0) is 16.6 Å². The molecule has 2 heterocycles. The fourth-order valence-electron chi connectivity index (χ4n) is 3.76. The Morgan fingerprint density at radius 3 is 2.77 bits per heavy atom. The first-order chi connectivity index (χ1) is 10.7. The highest BCUT2D eigenvalue weighted by Gasteiger charge is 2.29. The van der Waals surface area contributed by atoms with Crippen LogP contribution in [0.15, 0.2) is 12.4 Å². The van der Waals surface area contributed by atoms with Gasteiger partial charge in [-0.2, -0.15) is 5.10 Å². The molecule has 1 aromatic rings. The lowest BCUT2D eigenvalue weighted by Crippen LogP contribution is -2.40. The summed E-state index contributed by atoms with van der Waals surface area (Å²) in [6.45, 7) is 1.82. The molecule has 0 spiro atoms. The van der Waals surface area contributed by atoms with Gasteiger partial charge >= 0.3 is 0 Å². The Balaban J connectivity index is 1.54. The number of amides is 1. The minimum atomic E-state index is 0.131. The SMILES string of the molecule is Cn1cc(C2CCCCN2C(=O)COCC2CCCC2)cn1. The maximum absolute atomic E-state index is 12.5. The zero-order valence-corrected chi connectivity index (χ0v) is 13.5. The lowest BCUT2D eigenvalue weighted by molar-refractivity contribution is -0.140. The summed E-state index contributed by atoms with van der Waals surface area (Å²) in [5.41, 5.74) is 1.14. The third-order valence-electron chi connectivity index (χ3n) is 4.99. The molecule has 0 bridgehead atoms. The minimum Gasteiger partial charge on any atom is -0.371 e. The number of piperidine rings is 1. The molecular formula is C17H27N3O2. The van der Waals surface area contributed by atoms with Crippen LogP contribution < -0.4 is 0 Å². The van der Waals surface area contributed by atoms with E-state index in [1.54, 1.807) is 0 Å². The molecule has 5 nitrogen and oxygen atoms in total. The second-order valence-corrected chi connectivity index (χ2v) is 6.71. The molecule has 0 N–H and O–H groups in total. The molecule has 0 aromatic carbocycles. The van der Waals surface area contributed by atoms with E-state index in [0.29, 0.717) is 5.92 Å². The van der Waals surface area contributed by atoms with Crippen LogP contribution >= 0.6 is 0 Å². The van der Waals surface area contributed by atoms with Gasteiger partial charge in [-0.15, -0.1) is 0 Å². The smallest absolute Gasteiger partial charge is 0.249 e. The molecule has 1 saturated heterocycles. The van der Waals surface area contributed by atoms with Crippen LogP contribution in [0.25, 0.3) is 0 Å². The minimum absolute atomic E-state index is 0.131. The quantitative estimate of drug-likeness (QED) is 0.840. The second kappa shape index (κ2) is 7.27. The van der Waals surface area contributed by atoms with Crippen LogP contribution in [0.5, 0.6) is 0 Å². The Labute approximate surface area is 132 Å². The number of aromatic nitrogens is 2. The molecule has 5 heteroatoms. The van der Waals surface area contributed by atoms with Crippen molar-refractivity contribution in [3.05, 3.63) is 18.0 Å². The maximum atomic E-state index is 12.5. The number of carbonyl (C=O) groups excluding carboxylic acids is 1. The summed E-state index contributed by atoms with van der Waals surface area (Å²) in [7, 11) is 1.92. The summed E-state index contributed by atoms with van der Waals surface area (Å²) in [6, 6.07) is 0.171. The van der Waals surface area contributed by atoms with E-state index in [4.69, 9.17) is 4.74 Å². The van der Waals surface area contributed by atoms with Gasteiger partial charge in [0.1, 0.15) is 6.61 Å². The highest BCUT2D eigenvalue weighted by molar-refractivity contribution is 5.78. The fourth-order valence-corrected chi connectivity index (χ4v) is 3.76. The first kappa shape index (κ1) is 15.5. The molecule has 22 heavy (non-hydrogen) atoms. The number of ether oxygens (including phenoxy) is 1. The number of nitrogens with zero attached hydrogens (tertiary/aromatic N) is 3. The predicted octanol–water partition coefficient (Wildman–Crippen LogP) is 2.68. The van der Waals surface area contributed by atoms with Gasteiger partial charge in [-0.3, -0.25) is 9.48 Å². The summed E-state index contributed by atoms with van der Waals surface area (Å²) >= 11 is 0. The fraction of sp³-hybridized carbons (Fsp3) is 0.765. The van der Waals surface area contributed by atoms with Crippen LogP contribution in [0.1, 0.15) is 56.6 Å². The van der Waals surface area contributed by atoms with Gasteiger partial charge in [-0.1, -0.05) is 12.8 Å². The van der Waals surface area contributed by atoms with E-state index in [1.165, 1.54) is 32.1 Å². The normalized spacial score (nSPS) is 23.1. The largest absolute Gasteiger partial charge is 0.371 e. The molecule has 1 saturated carbocycles. The number of hydrogen-bond donors (Lipinski definition) is 0. The molecule has 1 atom stereocenters.